The Bertz CT molecular complexity index is 821. The SMILES string of the molecule is CC.CC.CC.CC(=O)OCC(=O)Nc1c(C)c(C(=O)Cl)c(C)c(C(=O)N(CCO)CCO)c1C. The minimum Gasteiger partial charge on any atom is -0.456 e. The van der Waals surface area contributed by atoms with Crippen LogP contribution in [0, 0.1) is 20.8 Å². The highest BCUT2D eigenvalue weighted by Gasteiger charge is 2.27. The van der Waals surface area contributed by atoms with E-state index in [0.717, 1.165) is 6.92 Å². The maximum absolute atomic E-state index is 13.1. The Labute approximate surface area is 214 Å². The number of nitrogens with one attached hydrogen (secondary N) is 1. The summed E-state index contributed by atoms with van der Waals surface area (Å²) in [5.74, 6) is -1.81. The van der Waals surface area contributed by atoms with Gasteiger partial charge >= 0.3 is 5.97 Å². The second-order valence-electron chi connectivity index (χ2n) is 6.34. The van der Waals surface area contributed by atoms with E-state index in [1.807, 2.05) is 41.5 Å². The lowest BCUT2D eigenvalue weighted by Crippen LogP contribution is -2.37. The van der Waals surface area contributed by atoms with Gasteiger partial charge in [-0.15, -0.1) is 0 Å². The zero-order chi connectivity index (χ0) is 28.3. The molecule has 0 saturated carbocycles. The molecule has 1 rings (SSSR count). The Balaban J connectivity index is -0.00000158. The molecule has 1 aromatic carbocycles. The van der Waals surface area contributed by atoms with Crippen molar-refractivity contribution in [2.45, 2.75) is 69.2 Å². The Morgan fingerprint density at radius 2 is 1.26 bits per heavy atom. The summed E-state index contributed by atoms with van der Waals surface area (Å²) in [7, 11) is 0. The molecule has 0 atom stereocenters. The fourth-order valence-electron chi connectivity index (χ4n) is 3.08. The molecule has 0 radical (unpaired) electrons. The number of anilines is 1. The maximum Gasteiger partial charge on any atom is 0.303 e. The number of rotatable bonds is 9. The van der Waals surface area contributed by atoms with Crippen LogP contribution in [0.3, 0.4) is 0 Å². The standard InChI is InChI=1S/C19H25ClN2O7.3C2H6/c1-10-15(18(20)27)11(2)17(21-14(26)9-29-13(4)25)12(3)16(10)19(28)22(5-7-23)6-8-24;3*1-2/h23-24H,5-9H2,1-4H3,(H,21,26);3*1-2H3. The molecule has 0 aromatic heterocycles. The molecule has 0 saturated heterocycles. The van der Waals surface area contributed by atoms with Crippen LogP contribution in [0.5, 0.6) is 0 Å². The molecule has 0 heterocycles. The molecule has 0 unspecified atom stereocenters. The molecule has 3 N–H and O–H groups in total. The van der Waals surface area contributed by atoms with Gasteiger partial charge in [0, 0.05) is 36.8 Å². The van der Waals surface area contributed by atoms with E-state index in [9.17, 15) is 29.4 Å². The second kappa shape index (κ2) is 20.8. The van der Waals surface area contributed by atoms with E-state index in [2.05, 4.69) is 10.1 Å². The highest BCUT2D eigenvalue weighted by atomic mass is 35.5. The highest BCUT2D eigenvalue weighted by molar-refractivity contribution is 6.68. The van der Waals surface area contributed by atoms with Gasteiger partial charge in [-0.3, -0.25) is 19.2 Å². The maximum atomic E-state index is 13.1. The molecular formula is C25H43ClN2O7. The van der Waals surface area contributed by atoms with Crippen molar-refractivity contribution in [3.63, 3.8) is 0 Å². The number of carbonyl (C=O) groups excluding carboxylic acids is 4. The van der Waals surface area contributed by atoms with E-state index in [0.29, 0.717) is 16.7 Å². The summed E-state index contributed by atoms with van der Waals surface area (Å²) in [4.78, 5) is 49.4. The van der Waals surface area contributed by atoms with E-state index in [-0.39, 0.29) is 43.1 Å². The molecule has 10 heteroatoms. The number of nitrogens with zero attached hydrogens (tertiary/aromatic N) is 1. The zero-order valence-electron chi connectivity index (χ0n) is 22.8. The molecule has 0 spiro atoms. The second-order valence-corrected chi connectivity index (χ2v) is 6.68. The van der Waals surface area contributed by atoms with Crippen molar-refractivity contribution in [3.05, 3.63) is 27.8 Å². The lowest BCUT2D eigenvalue weighted by atomic mass is 9.90. The molecule has 0 fully saturated rings. The van der Waals surface area contributed by atoms with E-state index in [1.165, 1.54) is 4.90 Å². The molecule has 0 aliphatic rings. The summed E-state index contributed by atoms with van der Waals surface area (Å²) in [6.45, 7) is 16.7. The first-order valence-corrected chi connectivity index (χ1v) is 12.2. The van der Waals surface area contributed by atoms with Gasteiger partial charge in [0.1, 0.15) is 0 Å². The number of amides is 2. The third-order valence-electron chi connectivity index (χ3n) is 4.36. The molecule has 0 aliphatic heterocycles. The predicted octanol–water partition coefficient (Wildman–Crippen LogP) is 4.00. The molecule has 2 amide bonds. The molecule has 0 aliphatic carbocycles. The lowest BCUT2D eigenvalue weighted by Gasteiger charge is -2.26. The smallest absolute Gasteiger partial charge is 0.303 e. The van der Waals surface area contributed by atoms with Crippen LogP contribution in [-0.2, 0) is 14.3 Å². The predicted molar refractivity (Wildman–Crippen MR) is 140 cm³/mol. The first-order valence-electron chi connectivity index (χ1n) is 11.8. The van der Waals surface area contributed by atoms with E-state index in [4.69, 9.17) is 11.6 Å². The van der Waals surface area contributed by atoms with E-state index >= 15 is 0 Å². The highest BCUT2D eigenvalue weighted by Crippen LogP contribution is 2.33. The van der Waals surface area contributed by atoms with Crippen LogP contribution in [0.4, 0.5) is 5.69 Å². The van der Waals surface area contributed by atoms with Crippen LogP contribution in [-0.4, -0.2) is 71.0 Å². The van der Waals surface area contributed by atoms with Crippen LogP contribution in [0.15, 0.2) is 0 Å². The van der Waals surface area contributed by atoms with Crippen molar-refractivity contribution < 1.29 is 34.1 Å². The van der Waals surface area contributed by atoms with Gasteiger partial charge < -0.3 is 25.2 Å². The van der Waals surface area contributed by atoms with Crippen LogP contribution in [0.2, 0.25) is 0 Å². The van der Waals surface area contributed by atoms with Gasteiger partial charge in [-0.1, -0.05) is 41.5 Å². The van der Waals surface area contributed by atoms with Crippen molar-refractivity contribution in [3.8, 4) is 0 Å². The summed E-state index contributed by atoms with van der Waals surface area (Å²) >= 11 is 5.73. The van der Waals surface area contributed by atoms with E-state index < -0.39 is 29.6 Å². The van der Waals surface area contributed by atoms with Crippen molar-refractivity contribution in [2.75, 3.05) is 38.2 Å². The number of benzene rings is 1. The van der Waals surface area contributed by atoms with Gasteiger partial charge in [0.25, 0.3) is 17.1 Å². The van der Waals surface area contributed by atoms with Gasteiger partial charge in [-0.05, 0) is 49.1 Å². The third-order valence-corrected chi connectivity index (χ3v) is 4.55. The van der Waals surface area contributed by atoms with Gasteiger partial charge in [-0.2, -0.15) is 0 Å². The summed E-state index contributed by atoms with van der Waals surface area (Å²) in [5.41, 5.74) is 1.46. The van der Waals surface area contributed by atoms with Gasteiger partial charge in [0.2, 0.25) is 0 Å². The Morgan fingerprint density at radius 1 is 0.829 bits per heavy atom. The fraction of sp³-hybridized carbons (Fsp3) is 0.600. The average molecular weight is 519 g/mol. The van der Waals surface area contributed by atoms with Crippen LogP contribution < -0.4 is 5.32 Å². The van der Waals surface area contributed by atoms with Gasteiger partial charge in [0.05, 0.1) is 13.2 Å². The Morgan fingerprint density at radius 3 is 1.63 bits per heavy atom. The number of hydrogen-bond donors (Lipinski definition) is 3. The number of ether oxygens (including phenoxy) is 1. The normalized spacial score (nSPS) is 9.17. The first kappa shape index (κ1) is 37.1. The molecular weight excluding hydrogens is 476 g/mol. The summed E-state index contributed by atoms with van der Waals surface area (Å²) in [6.07, 6.45) is 0. The minimum absolute atomic E-state index is 0.0234. The van der Waals surface area contributed by atoms with Crippen molar-refractivity contribution in [1.29, 1.82) is 0 Å². The summed E-state index contributed by atoms with van der Waals surface area (Å²) < 4.78 is 4.66. The van der Waals surface area contributed by atoms with Crippen LogP contribution in [0.1, 0.15) is 85.9 Å². The fourth-order valence-corrected chi connectivity index (χ4v) is 3.36. The number of carbonyl (C=O) groups is 4. The van der Waals surface area contributed by atoms with Crippen molar-refractivity contribution >= 4 is 40.3 Å². The number of hydrogen-bond acceptors (Lipinski definition) is 7. The Hall–Kier alpha value is -2.49. The molecule has 1 aromatic rings. The number of halogens is 1. The Kier molecular flexibility index (Phi) is 22.1. The van der Waals surface area contributed by atoms with Crippen LogP contribution >= 0.6 is 11.6 Å². The molecule has 9 nitrogen and oxygen atoms in total. The summed E-state index contributed by atoms with van der Waals surface area (Å²) in [5, 5.41) is 20.2. The first-order chi connectivity index (χ1) is 16.6. The van der Waals surface area contributed by atoms with Crippen molar-refractivity contribution in [1.82, 2.24) is 4.90 Å². The molecule has 202 valence electrons. The zero-order valence-corrected chi connectivity index (χ0v) is 23.6. The number of esters is 1. The lowest BCUT2D eigenvalue weighted by molar-refractivity contribution is -0.144. The number of aliphatic hydroxyl groups is 2. The average Bonchev–Trinajstić information content (AvgIpc) is 2.83. The third kappa shape index (κ3) is 11.7. The number of aliphatic hydroxyl groups excluding tert-OH is 2. The monoisotopic (exact) mass is 518 g/mol. The molecule has 35 heavy (non-hydrogen) atoms. The quantitative estimate of drug-likeness (QED) is 0.332. The summed E-state index contributed by atoms with van der Waals surface area (Å²) in [6, 6.07) is 0. The van der Waals surface area contributed by atoms with Gasteiger partial charge in [0.15, 0.2) is 6.61 Å². The largest absolute Gasteiger partial charge is 0.456 e. The van der Waals surface area contributed by atoms with E-state index in [1.54, 1.807) is 20.8 Å². The van der Waals surface area contributed by atoms with Gasteiger partial charge in [-0.25, -0.2) is 0 Å². The molecule has 0 bridgehead atoms. The minimum atomic E-state index is -0.805. The van der Waals surface area contributed by atoms with Crippen molar-refractivity contribution in [2.24, 2.45) is 0 Å². The topological polar surface area (TPSA) is 133 Å². The van der Waals surface area contributed by atoms with Crippen LogP contribution in [0.25, 0.3) is 0 Å².